The van der Waals surface area contributed by atoms with Crippen molar-refractivity contribution < 1.29 is 0 Å². The lowest BCUT2D eigenvalue weighted by Crippen LogP contribution is -2.52. The summed E-state index contributed by atoms with van der Waals surface area (Å²) in [7, 11) is 0. The fourth-order valence-electron chi connectivity index (χ4n) is 1.94. The van der Waals surface area contributed by atoms with Gasteiger partial charge in [-0.2, -0.15) is 0 Å². The molecule has 0 radical (unpaired) electrons. The van der Waals surface area contributed by atoms with Crippen molar-refractivity contribution in [2.75, 3.05) is 26.2 Å². The summed E-state index contributed by atoms with van der Waals surface area (Å²) in [5, 5.41) is 0. The van der Waals surface area contributed by atoms with Crippen LogP contribution in [0.1, 0.15) is 26.7 Å². The quantitative estimate of drug-likeness (QED) is 0.533. The molecule has 0 bridgehead atoms. The molecule has 1 aliphatic carbocycles. The molecule has 1 aliphatic heterocycles. The van der Waals surface area contributed by atoms with Crippen molar-refractivity contribution in [2.24, 2.45) is 10.7 Å². The Bertz CT molecular complexity index is 237. The van der Waals surface area contributed by atoms with Crippen LogP contribution in [0.2, 0.25) is 0 Å². The summed E-state index contributed by atoms with van der Waals surface area (Å²) >= 11 is 0. The van der Waals surface area contributed by atoms with Crippen LogP contribution in [0.5, 0.6) is 0 Å². The van der Waals surface area contributed by atoms with Crippen LogP contribution in [-0.4, -0.2) is 54.0 Å². The van der Waals surface area contributed by atoms with Crippen molar-refractivity contribution >= 4 is 5.96 Å². The number of aliphatic imine (C=N–C) groups is 1. The van der Waals surface area contributed by atoms with Crippen molar-refractivity contribution in [3.8, 4) is 0 Å². The number of rotatable bonds is 2. The van der Waals surface area contributed by atoms with Crippen molar-refractivity contribution in [3.05, 3.63) is 0 Å². The number of piperazine rings is 1. The minimum atomic E-state index is 0.535. The van der Waals surface area contributed by atoms with Gasteiger partial charge >= 0.3 is 0 Å². The van der Waals surface area contributed by atoms with Crippen molar-refractivity contribution in [1.82, 2.24) is 9.80 Å². The molecule has 4 heteroatoms. The minimum Gasteiger partial charge on any atom is -0.370 e. The second kappa shape index (κ2) is 4.39. The van der Waals surface area contributed by atoms with E-state index in [0.717, 1.165) is 32.1 Å². The van der Waals surface area contributed by atoms with Crippen LogP contribution in [0.4, 0.5) is 0 Å². The Labute approximate surface area is 92.1 Å². The molecule has 86 valence electrons. The Morgan fingerprint density at radius 3 is 2.27 bits per heavy atom. The van der Waals surface area contributed by atoms with E-state index in [0.29, 0.717) is 12.1 Å². The first-order valence-corrected chi connectivity index (χ1v) is 5.99. The van der Waals surface area contributed by atoms with Crippen LogP contribution < -0.4 is 5.73 Å². The largest absolute Gasteiger partial charge is 0.370 e. The molecule has 15 heavy (non-hydrogen) atoms. The Morgan fingerprint density at radius 1 is 1.20 bits per heavy atom. The van der Waals surface area contributed by atoms with Crippen LogP contribution in [-0.2, 0) is 0 Å². The summed E-state index contributed by atoms with van der Waals surface area (Å²) in [6.07, 6.45) is 2.46. The molecule has 0 amide bonds. The average Bonchev–Trinajstić information content (AvgIpc) is 3.02. The van der Waals surface area contributed by atoms with Gasteiger partial charge in [-0.1, -0.05) is 0 Å². The third-order valence-electron chi connectivity index (χ3n) is 3.23. The smallest absolute Gasteiger partial charge is 0.191 e. The molecular weight excluding hydrogens is 188 g/mol. The SMILES string of the molecule is CC(C)N1CCN(C(N)=NC2CC2)CC1. The van der Waals surface area contributed by atoms with E-state index in [-0.39, 0.29) is 0 Å². The van der Waals surface area contributed by atoms with E-state index >= 15 is 0 Å². The molecule has 4 nitrogen and oxygen atoms in total. The monoisotopic (exact) mass is 210 g/mol. The molecular formula is C11H22N4. The van der Waals surface area contributed by atoms with Gasteiger partial charge in [0.1, 0.15) is 0 Å². The van der Waals surface area contributed by atoms with E-state index in [1.807, 2.05) is 0 Å². The van der Waals surface area contributed by atoms with Crippen molar-refractivity contribution in [2.45, 2.75) is 38.8 Å². The molecule has 0 aromatic carbocycles. The molecule has 1 heterocycles. The highest BCUT2D eigenvalue weighted by Gasteiger charge is 2.24. The Morgan fingerprint density at radius 2 is 1.80 bits per heavy atom. The lowest BCUT2D eigenvalue weighted by Gasteiger charge is -2.37. The Balaban J connectivity index is 1.81. The standard InChI is InChI=1S/C11H22N4/c1-9(2)14-5-7-15(8-6-14)11(12)13-10-3-4-10/h9-10H,3-8H2,1-2H3,(H2,12,13). The molecule has 1 saturated heterocycles. The maximum atomic E-state index is 5.97. The van der Waals surface area contributed by atoms with Gasteiger partial charge in [-0.15, -0.1) is 0 Å². The zero-order chi connectivity index (χ0) is 10.8. The van der Waals surface area contributed by atoms with Gasteiger partial charge in [-0.25, -0.2) is 4.99 Å². The summed E-state index contributed by atoms with van der Waals surface area (Å²) < 4.78 is 0. The molecule has 2 N–H and O–H groups in total. The first kappa shape index (κ1) is 10.7. The minimum absolute atomic E-state index is 0.535. The summed E-state index contributed by atoms with van der Waals surface area (Å²) in [5.74, 6) is 0.765. The molecule has 0 unspecified atom stereocenters. The summed E-state index contributed by atoms with van der Waals surface area (Å²) in [6, 6.07) is 1.18. The van der Waals surface area contributed by atoms with Crippen LogP contribution in [0.15, 0.2) is 4.99 Å². The number of hydrogen-bond donors (Lipinski definition) is 1. The molecule has 2 rings (SSSR count). The van der Waals surface area contributed by atoms with Gasteiger partial charge in [-0.05, 0) is 26.7 Å². The second-order valence-electron chi connectivity index (χ2n) is 4.84. The molecule has 2 fully saturated rings. The average molecular weight is 210 g/mol. The topological polar surface area (TPSA) is 44.9 Å². The predicted molar refractivity (Wildman–Crippen MR) is 62.9 cm³/mol. The fraction of sp³-hybridized carbons (Fsp3) is 0.909. The highest BCUT2D eigenvalue weighted by molar-refractivity contribution is 5.78. The molecule has 2 aliphatic rings. The van der Waals surface area contributed by atoms with Crippen molar-refractivity contribution in [1.29, 1.82) is 0 Å². The van der Waals surface area contributed by atoms with E-state index in [1.165, 1.54) is 12.8 Å². The van der Waals surface area contributed by atoms with Crippen LogP contribution in [0.3, 0.4) is 0 Å². The van der Waals surface area contributed by atoms with Gasteiger partial charge in [-0.3, -0.25) is 4.90 Å². The third-order valence-corrected chi connectivity index (χ3v) is 3.23. The van der Waals surface area contributed by atoms with Gasteiger partial charge in [0.2, 0.25) is 0 Å². The summed E-state index contributed by atoms with van der Waals surface area (Å²) in [4.78, 5) is 9.19. The van der Waals surface area contributed by atoms with E-state index in [4.69, 9.17) is 5.73 Å². The number of guanidine groups is 1. The van der Waals surface area contributed by atoms with E-state index in [2.05, 4.69) is 28.6 Å². The molecule has 0 spiro atoms. The number of nitrogens with two attached hydrogens (primary N) is 1. The second-order valence-corrected chi connectivity index (χ2v) is 4.84. The van der Waals surface area contributed by atoms with Gasteiger partial charge in [0.05, 0.1) is 6.04 Å². The Kier molecular flexibility index (Phi) is 3.14. The number of nitrogens with zero attached hydrogens (tertiary/aromatic N) is 3. The fourth-order valence-corrected chi connectivity index (χ4v) is 1.94. The van der Waals surface area contributed by atoms with E-state index < -0.39 is 0 Å². The first-order chi connectivity index (χ1) is 7.16. The van der Waals surface area contributed by atoms with E-state index in [1.54, 1.807) is 0 Å². The van der Waals surface area contributed by atoms with Gasteiger partial charge in [0.25, 0.3) is 0 Å². The first-order valence-electron chi connectivity index (χ1n) is 5.99. The molecule has 0 atom stereocenters. The third kappa shape index (κ3) is 2.84. The van der Waals surface area contributed by atoms with E-state index in [9.17, 15) is 0 Å². The molecule has 1 saturated carbocycles. The number of hydrogen-bond acceptors (Lipinski definition) is 2. The predicted octanol–water partition coefficient (Wildman–Crippen LogP) is 0.490. The van der Waals surface area contributed by atoms with Crippen LogP contribution >= 0.6 is 0 Å². The van der Waals surface area contributed by atoms with Gasteiger partial charge < -0.3 is 10.6 Å². The summed E-state index contributed by atoms with van der Waals surface area (Å²) in [6.45, 7) is 8.77. The lowest BCUT2D eigenvalue weighted by molar-refractivity contribution is 0.148. The molecule has 0 aromatic rings. The van der Waals surface area contributed by atoms with Gasteiger partial charge in [0.15, 0.2) is 5.96 Å². The van der Waals surface area contributed by atoms with Crippen LogP contribution in [0.25, 0.3) is 0 Å². The van der Waals surface area contributed by atoms with Crippen molar-refractivity contribution in [3.63, 3.8) is 0 Å². The lowest BCUT2D eigenvalue weighted by atomic mass is 10.2. The zero-order valence-electron chi connectivity index (χ0n) is 9.82. The van der Waals surface area contributed by atoms with Gasteiger partial charge in [0, 0.05) is 32.2 Å². The maximum absolute atomic E-state index is 5.97. The highest BCUT2D eigenvalue weighted by Crippen LogP contribution is 2.23. The van der Waals surface area contributed by atoms with Crippen LogP contribution in [0, 0.1) is 0 Å². The maximum Gasteiger partial charge on any atom is 0.191 e. The highest BCUT2D eigenvalue weighted by atomic mass is 15.3. The Hall–Kier alpha value is -0.770. The normalized spacial score (nSPS) is 25.0. The zero-order valence-corrected chi connectivity index (χ0v) is 9.82. The summed E-state index contributed by atoms with van der Waals surface area (Å²) in [5.41, 5.74) is 5.97. The molecule has 0 aromatic heterocycles.